The van der Waals surface area contributed by atoms with Gasteiger partial charge in [-0.3, -0.25) is 4.79 Å². The second kappa shape index (κ2) is 6.16. The first kappa shape index (κ1) is 15.0. The van der Waals surface area contributed by atoms with Crippen molar-refractivity contribution in [2.75, 3.05) is 18.0 Å². The van der Waals surface area contributed by atoms with E-state index in [0.29, 0.717) is 17.2 Å². The van der Waals surface area contributed by atoms with Crippen molar-refractivity contribution in [3.8, 4) is 0 Å². The Balaban J connectivity index is 1.53. The van der Waals surface area contributed by atoms with Crippen LogP contribution >= 0.6 is 11.3 Å². The second-order valence-electron chi connectivity index (χ2n) is 5.71. The lowest BCUT2D eigenvalue weighted by Crippen LogP contribution is -2.25. The first-order valence-electron chi connectivity index (χ1n) is 7.87. The van der Waals surface area contributed by atoms with E-state index < -0.39 is 0 Å². The molecule has 9 heteroatoms. The largest absolute Gasteiger partial charge is 0.355 e. The topological polar surface area (TPSA) is 88.3 Å². The summed E-state index contributed by atoms with van der Waals surface area (Å²) in [6.07, 6.45) is 2.38. The number of nitrogens with one attached hydrogen (secondary N) is 1. The summed E-state index contributed by atoms with van der Waals surface area (Å²) < 4.78 is 1.69. The maximum absolute atomic E-state index is 12.1. The summed E-state index contributed by atoms with van der Waals surface area (Å²) in [5, 5.41) is 18.3. The molecule has 3 aromatic rings. The molecule has 0 unspecified atom stereocenters. The van der Waals surface area contributed by atoms with Gasteiger partial charge in [0.05, 0.1) is 11.6 Å². The van der Waals surface area contributed by atoms with Crippen LogP contribution in [0.25, 0.3) is 5.65 Å². The second-order valence-corrected chi connectivity index (χ2v) is 6.77. The monoisotopic (exact) mass is 343 g/mol. The molecule has 0 aromatic carbocycles. The van der Waals surface area contributed by atoms with Crippen LogP contribution in [0.3, 0.4) is 0 Å². The minimum atomic E-state index is -0.216. The molecule has 4 heterocycles. The summed E-state index contributed by atoms with van der Waals surface area (Å²) in [6, 6.07) is 3.87. The third kappa shape index (κ3) is 2.82. The summed E-state index contributed by atoms with van der Waals surface area (Å²) in [5.41, 5.74) is 1.10. The van der Waals surface area contributed by atoms with Gasteiger partial charge in [-0.2, -0.15) is 4.52 Å². The molecular formula is C15H17N7OS. The predicted octanol–water partition coefficient (Wildman–Crippen LogP) is 1.42. The fourth-order valence-corrected chi connectivity index (χ4v) is 3.36. The molecule has 1 saturated heterocycles. The minimum absolute atomic E-state index is 0.216. The molecule has 1 amide bonds. The highest BCUT2D eigenvalue weighted by Gasteiger charge is 2.16. The quantitative estimate of drug-likeness (QED) is 0.771. The van der Waals surface area contributed by atoms with Gasteiger partial charge in [-0.1, -0.05) is 0 Å². The first-order chi connectivity index (χ1) is 11.7. The normalized spacial score (nSPS) is 14.5. The van der Waals surface area contributed by atoms with Gasteiger partial charge in [-0.05, 0) is 31.9 Å². The molecule has 4 rings (SSSR count). The zero-order valence-electron chi connectivity index (χ0n) is 13.3. The van der Waals surface area contributed by atoms with Crippen molar-refractivity contribution in [1.29, 1.82) is 0 Å². The Morgan fingerprint density at radius 1 is 1.29 bits per heavy atom. The average Bonchev–Trinajstić information content (AvgIpc) is 3.33. The summed E-state index contributed by atoms with van der Waals surface area (Å²) in [7, 11) is 0. The molecule has 0 saturated carbocycles. The number of fused-ring (bicyclic) bond motifs is 1. The van der Waals surface area contributed by atoms with E-state index in [1.807, 2.05) is 19.1 Å². The van der Waals surface area contributed by atoms with Gasteiger partial charge in [-0.25, -0.2) is 4.98 Å². The molecule has 1 fully saturated rings. The fourth-order valence-electron chi connectivity index (χ4n) is 2.77. The maximum Gasteiger partial charge on any atom is 0.271 e. The molecule has 0 atom stereocenters. The molecule has 0 radical (unpaired) electrons. The summed E-state index contributed by atoms with van der Waals surface area (Å²) >= 11 is 1.45. The van der Waals surface area contributed by atoms with Gasteiger partial charge in [0.15, 0.2) is 11.5 Å². The highest BCUT2D eigenvalue weighted by molar-refractivity contribution is 7.09. The number of nitrogens with zero attached hydrogens (tertiary/aromatic N) is 6. The van der Waals surface area contributed by atoms with Gasteiger partial charge in [0.25, 0.3) is 5.91 Å². The molecule has 0 spiro atoms. The Bertz CT molecular complexity index is 881. The highest BCUT2D eigenvalue weighted by atomic mass is 32.1. The minimum Gasteiger partial charge on any atom is -0.355 e. The van der Waals surface area contributed by atoms with E-state index in [1.54, 1.807) is 9.90 Å². The summed E-state index contributed by atoms with van der Waals surface area (Å²) in [5.74, 6) is 1.31. The van der Waals surface area contributed by atoms with Gasteiger partial charge in [0.2, 0.25) is 0 Å². The smallest absolute Gasteiger partial charge is 0.271 e. The van der Waals surface area contributed by atoms with E-state index in [9.17, 15) is 4.79 Å². The van der Waals surface area contributed by atoms with Crippen LogP contribution in [0.5, 0.6) is 0 Å². The molecule has 0 aliphatic carbocycles. The number of anilines is 1. The summed E-state index contributed by atoms with van der Waals surface area (Å²) in [6.45, 7) is 4.18. The van der Waals surface area contributed by atoms with Gasteiger partial charge < -0.3 is 10.2 Å². The van der Waals surface area contributed by atoms with E-state index in [0.717, 1.165) is 23.9 Å². The van der Waals surface area contributed by atoms with Crippen molar-refractivity contribution in [3.05, 3.63) is 34.0 Å². The summed E-state index contributed by atoms with van der Waals surface area (Å²) in [4.78, 5) is 18.5. The van der Waals surface area contributed by atoms with Gasteiger partial charge in [0.1, 0.15) is 11.5 Å². The fraction of sp³-hybridized carbons (Fsp3) is 0.400. The zero-order valence-corrected chi connectivity index (χ0v) is 14.1. The standard InChI is InChI=1S/C15H17N7OS/c1-10-17-11(9-24-10)15(23)16-8-14-19-18-12-4-5-13(20-22(12)14)21-6-2-3-7-21/h4-5,9H,2-3,6-8H2,1H3,(H,16,23). The third-order valence-electron chi connectivity index (χ3n) is 4.00. The lowest BCUT2D eigenvalue weighted by atomic mass is 10.4. The highest BCUT2D eigenvalue weighted by Crippen LogP contribution is 2.18. The Kier molecular flexibility index (Phi) is 3.85. The Labute approximate surface area is 142 Å². The van der Waals surface area contributed by atoms with E-state index >= 15 is 0 Å². The van der Waals surface area contributed by atoms with Crippen LogP contribution in [0.2, 0.25) is 0 Å². The van der Waals surface area contributed by atoms with Crippen LogP contribution < -0.4 is 10.2 Å². The van der Waals surface area contributed by atoms with Gasteiger partial charge >= 0.3 is 0 Å². The zero-order chi connectivity index (χ0) is 16.5. The van der Waals surface area contributed by atoms with E-state index in [1.165, 1.54) is 24.2 Å². The third-order valence-corrected chi connectivity index (χ3v) is 4.78. The lowest BCUT2D eigenvalue weighted by molar-refractivity contribution is 0.0945. The molecule has 24 heavy (non-hydrogen) atoms. The predicted molar refractivity (Wildman–Crippen MR) is 90.3 cm³/mol. The van der Waals surface area contributed by atoms with E-state index in [2.05, 4.69) is 30.5 Å². The number of amides is 1. The van der Waals surface area contributed by atoms with Gasteiger partial charge in [-0.15, -0.1) is 26.6 Å². The Morgan fingerprint density at radius 2 is 2.12 bits per heavy atom. The lowest BCUT2D eigenvalue weighted by Gasteiger charge is -2.15. The first-order valence-corrected chi connectivity index (χ1v) is 8.75. The van der Waals surface area contributed by atoms with Crippen molar-refractivity contribution in [1.82, 2.24) is 30.1 Å². The molecule has 3 aromatic heterocycles. The number of rotatable bonds is 4. The van der Waals surface area contributed by atoms with Crippen LogP contribution in [0.4, 0.5) is 5.82 Å². The van der Waals surface area contributed by atoms with Crippen molar-refractivity contribution in [3.63, 3.8) is 0 Å². The molecule has 8 nitrogen and oxygen atoms in total. The van der Waals surface area contributed by atoms with Crippen LogP contribution in [-0.2, 0) is 6.54 Å². The maximum atomic E-state index is 12.1. The van der Waals surface area contributed by atoms with Crippen LogP contribution in [0.15, 0.2) is 17.5 Å². The molecule has 1 aliphatic heterocycles. The average molecular weight is 343 g/mol. The molecule has 0 bridgehead atoms. The number of aryl methyl sites for hydroxylation is 1. The van der Waals surface area contributed by atoms with E-state index in [4.69, 9.17) is 0 Å². The molecular weight excluding hydrogens is 326 g/mol. The number of hydrogen-bond acceptors (Lipinski definition) is 7. The van der Waals surface area contributed by atoms with E-state index in [-0.39, 0.29) is 12.5 Å². The number of hydrogen-bond donors (Lipinski definition) is 1. The SMILES string of the molecule is Cc1nc(C(=O)NCc2nnc3ccc(N4CCCC4)nn23)cs1. The number of carbonyl (C=O) groups is 1. The van der Waals surface area contributed by atoms with Crippen molar-refractivity contribution >= 4 is 28.7 Å². The van der Waals surface area contributed by atoms with Crippen LogP contribution in [0, 0.1) is 6.92 Å². The van der Waals surface area contributed by atoms with Crippen molar-refractivity contribution in [2.45, 2.75) is 26.3 Å². The Morgan fingerprint density at radius 3 is 2.88 bits per heavy atom. The molecule has 1 N–H and O–H groups in total. The number of thiazole rings is 1. The molecule has 1 aliphatic rings. The van der Waals surface area contributed by atoms with Crippen LogP contribution in [0.1, 0.15) is 34.2 Å². The van der Waals surface area contributed by atoms with Crippen LogP contribution in [-0.4, -0.2) is 43.8 Å². The van der Waals surface area contributed by atoms with Gasteiger partial charge in [0, 0.05) is 18.5 Å². The Hall–Kier alpha value is -2.55. The van der Waals surface area contributed by atoms with Crippen molar-refractivity contribution < 1.29 is 4.79 Å². The molecule has 124 valence electrons. The number of aromatic nitrogens is 5. The number of carbonyl (C=O) groups excluding carboxylic acids is 1. The van der Waals surface area contributed by atoms with Crippen molar-refractivity contribution in [2.24, 2.45) is 0 Å².